The van der Waals surface area contributed by atoms with E-state index < -0.39 is 6.04 Å². The smallest absolute Gasteiger partial charge is 0.328 e. The van der Waals surface area contributed by atoms with Crippen LogP contribution in [0.4, 0.5) is 0 Å². The Bertz CT molecular complexity index is 426. The number of hydrogen-bond acceptors (Lipinski definition) is 5. The van der Waals surface area contributed by atoms with Crippen LogP contribution in [0.1, 0.15) is 15.8 Å². The Morgan fingerprint density at radius 2 is 2.47 bits per heavy atom. The Hall–Kier alpha value is -1.56. The number of thiophene rings is 1. The number of carbonyl (C=O) groups is 1. The minimum absolute atomic E-state index is 0.300. The lowest BCUT2D eigenvalue weighted by Gasteiger charge is -2.14. The van der Waals surface area contributed by atoms with Gasteiger partial charge in [-0.05, 0) is 24.6 Å². The second kappa shape index (κ2) is 6.90. The van der Waals surface area contributed by atoms with Gasteiger partial charge in [0.15, 0.2) is 0 Å². The molecule has 6 nitrogen and oxygen atoms in total. The molecule has 0 saturated heterocycles. The fourth-order valence-electron chi connectivity index (χ4n) is 1.33. The van der Waals surface area contributed by atoms with Gasteiger partial charge in [0.25, 0.3) is 0 Å². The normalized spacial score (nSPS) is 11.6. The van der Waals surface area contributed by atoms with Crippen molar-refractivity contribution in [3.63, 3.8) is 0 Å². The van der Waals surface area contributed by atoms with Crippen molar-refractivity contribution in [3.8, 4) is 0 Å². The van der Waals surface area contributed by atoms with E-state index in [0.29, 0.717) is 13.1 Å². The number of hydrogen-bond donors (Lipinski definition) is 1. The SMILES string of the molecule is COC(=O)C(NCCN=[N+]=[N-])c1ccc(C)s1. The summed E-state index contributed by atoms with van der Waals surface area (Å²) in [5, 5.41) is 6.40. The van der Waals surface area contributed by atoms with Crippen LogP contribution in [-0.2, 0) is 9.53 Å². The highest BCUT2D eigenvalue weighted by molar-refractivity contribution is 7.12. The Morgan fingerprint density at radius 3 is 3.00 bits per heavy atom. The molecule has 1 N–H and O–H groups in total. The number of methoxy groups -OCH3 is 1. The van der Waals surface area contributed by atoms with Gasteiger partial charge in [-0.2, -0.15) is 0 Å². The fraction of sp³-hybridized carbons (Fsp3) is 0.500. The van der Waals surface area contributed by atoms with Gasteiger partial charge < -0.3 is 4.74 Å². The summed E-state index contributed by atoms with van der Waals surface area (Å²) in [5.74, 6) is -0.340. The number of carbonyl (C=O) groups excluding carboxylic acids is 1. The number of ether oxygens (including phenoxy) is 1. The minimum Gasteiger partial charge on any atom is -0.468 e. The van der Waals surface area contributed by atoms with E-state index in [-0.39, 0.29) is 5.97 Å². The Morgan fingerprint density at radius 1 is 1.71 bits per heavy atom. The molecular weight excluding hydrogens is 240 g/mol. The van der Waals surface area contributed by atoms with E-state index in [9.17, 15) is 4.79 Å². The molecule has 7 heteroatoms. The summed E-state index contributed by atoms with van der Waals surface area (Å²) in [4.78, 5) is 16.3. The van der Waals surface area contributed by atoms with E-state index in [4.69, 9.17) is 10.3 Å². The van der Waals surface area contributed by atoms with Crippen LogP contribution in [0.15, 0.2) is 17.2 Å². The van der Waals surface area contributed by atoms with E-state index in [1.165, 1.54) is 18.4 Å². The molecule has 1 unspecified atom stereocenters. The van der Waals surface area contributed by atoms with Gasteiger partial charge in [0, 0.05) is 27.8 Å². The van der Waals surface area contributed by atoms with Gasteiger partial charge >= 0.3 is 5.97 Å². The van der Waals surface area contributed by atoms with Crippen molar-refractivity contribution < 1.29 is 9.53 Å². The van der Waals surface area contributed by atoms with Gasteiger partial charge in [-0.3, -0.25) is 5.32 Å². The van der Waals surface area contributed by atoms with Crippen LogP contribution in [0.3, 0.4) is 0 Å². The molecule has 0 bridgehead atoms. The highest BCUT2D eigenvalue weighted by Gasteiger charge is 2.21. The monoisotopic (exact) mass is 254 g/mol. The first-order valence-electron chi connectivity index (χ1n) is 5.07. The van der Waals surface area contributed by atoms with Crippen LogP contribution in [0.25, 0.3) is 10.4 Å². The third-order valence-electron chi connectivity index (χ3n) is 2.11. The highest BCUT2D eigenvalue weighted by atomic mass is 32.1. The van der Waals surface area contributed by atoms with Crippen molar-refractivity contribution in [1.29, 1.82) is 0 Å². The first-order valence-corrected chi connectivity index (χ1v) is 5.89. The number of azide groups is 1. The summed E-state index contributed by atoms with van der Waals surface area (Å²) in [7, 11) is 1.35. The van der Waals surface area contributed by atoms with Gasteiger partial charge in [-0.25, -0.2) is 4.79 Å². The lowest BCUT2D eigenvalue weighted by atomic mass is 10.2. The third-order valence-corrected chi connectivity index (χ3v) is 3.17. The number of nitrogens with zero attached hydrogens (tertiary/aromatic N) is 3. The van der Waals surface area contributed by atoms with E-state index in [1.54, 1.807) is 0 Å². The molecule has 0 aromatic carbocycles. The van der Waals surface area contributed by atoms with Crippen LogP contribution in [0.5, 0.6) is 0 Å². The predicted octanol–water partition coefficient (Wildman–Crippen LogP) is 2.17. The molecule has 0 spiro atoms. The molecule has 0 amide bonds. The molecule has 17 heavy (non-hydrogen) atoms. The second-order valence-corrected chi connectivity index (χ2v) is 4.63. The molecule has 1 aromatic heterocycles. The fourth-order valence-corrected chi connectivity index (χ4v) is 2.27. The Labute approximate surface area is 103 Å². The maximum absolute atomic E-state index is 11.6. The third kappa shape index (κ3) is 4.07. The number of nitrogens with one attached hydrogen (secondary N) is 1. The molecule has 1 atom stereocenters. The number of esters is 1. The zero-order chi connectivity index (χ0) is 12.7. The lowest BCUT2D eigenvalue weighted by molar-refractivity contribution is -0.143. The second-order valence-electron chi connectivity index (χ2n) is 3.31. The van der Waals surface area contributed by atoms with Crippen molar-refractivity contribution >= 4 is 17.3 Å². The van der Waals surface area contributed by atoms with E-state index in [1.807, 2.05) is 19.1 Å². The summed E-state index contributed by atoms with van der Waals surface area (Å²) in [6, 6.07) is 3.35. The average Bonchev–Trinajstić information content (AvgIpc) is 2.75. The van der Waals surface area contributed by atoms with Crippen LogP contribution in [0.2, 0.25) is 0 Å². The largest absolute Gasteiger partial charge is 0.468 e. The van der Waals surface area contributed by atoms with Gasteiger partial charge in [-0.15, -0.1) is 11.3 Å². The molecule has 1 heterocycles. The average molecular weight is 254 g/mol. The standard InChI is InChI=1S/C10H14N4O2S/c1-7-3-4-8(17-7)9(10(15)16-2)12-5-6-13-14-11/h3-4,9,12H,5-6H2,1-2H3. The van der Waals surface area contributed by atoms with Crippen molar-refractivity contribution in [3.05, 3.63) is 32.3 Å². The van der Waals surface area contributed by atoms with E-state index in [2.05, 4.69) is 15.3 Å². The minimum atomic E-state index is -0.493. The Balaban J connectivity index is 2.67. The Kier molecular flexibility index (Phi) is 5.48. The summed E-state index contributed by atoms with van der Waals surface area (Å²) < 4.78 is 4.73. The topological polar surface area (TPSA) is 87.1 Å². The van der Waals surface area contributed by atoms with Crippen LogP contribution in [0, 0.1) is 6.92 Å². The molecule has 0 saturated carbocycles. The van der Waals surface area contributed by atoms with Crippen LogP contribution < -0.4 is 5.32 Å². The first-order chi connectivity index (χ1) is 8.19. The van der Waals surface area contributed by atoms with Crippen molar-refractivity contribution in [1.82, 2.24) is 5.32 Å². The zero-order valence-electron chi connectivity index (χ0n) is 9.71. The maximum atomic E-state index is 11.6. The van der Waals surface area contributed by atoms with Crippen molar-refractivity contribution in [2.75, 3.05) is 20.2 Å². The molecular formula is C10H14N4O2S. The summed E-state index contributed by atoms with van der Waals surface area (Å²) >= 11 is 1.54. The van der Waals surface area contributed by atoms with Gasteiger partial charge in [0.05, 0.1) is 7.11 Å². The van der Waals surface area contributed by atoms with Crippen molar-refractivity contribution in [2.24, 2.45) is 5.11 Å². The van der Waals surface area contributed by atoms with Crippen molar-refractivity contribution in [2.45, 2.75) is 13.0 Å². The molecule has 0 radical (unpaired) electrons. The highest BCUT2D eigenvalue weighted by Crippen LogP contribution is 2.23. The molecule has 0 aliphatic carbocycles. The van der Waals surface area contributed by atoms with Gasteiger partial charge in [-0.1, -0.05) is 5.11 Å². The van der Waals surface area contributed by atoms with Crippen LogP contribution in [-0.4, -0.2) is 26.2 Å². The van der Waals surface area contributed by atoms with E-state index >= 15 is 0 Å². The molecule has 1 rings (SSSR count). The number of aryl methyl sites for hydroxylation is 1. The van der Waals surface area contributed by atoms with E-state index in [0.717, 1.165) is 9.75 Å². The van der Waals surface area contributed by atoms with Gasteiger partial charge in [0.2, 0.25) is 0 Å². The maximum Gasteiger partial charge on any atom is 0.328 e. The molecule has 92 valence electrons. The molecule has 0 fully saturated rings. The van der Waals surface area contributed by atoms with Gasteiger partial charge in [0.1, 0.15) is 6.04 Å². The first kappa shape index (κ1) is 13.5. The number of rotatable bonds is 6. The lowest BCUT2D eigenvalue weighted by Crippen LogP contribution is -2.30. The quantitative estimate of drug-likeness (QED) is 0.277. The summed E-state index contributed by atoms with van der Waals surface area (Å²) in [6.07, 6.45) is 0. The molecule has 0 aliphatic heterocycles. The molecule has 1 aromatic rings. The van der Waals surface area contributed by atoms with Crippen LogP contribution >= 0.6 is 11.3 Å². The zero-order valence-corrected chi connectivity index (χ0v) is 10.5. The summed E-state index contributed by atoms with van der Waals surface area (Å²) in [5.41, 5.74) is 8.15. The summed E-state index contributed by atoms with van der Waals surface area (Å²) in [6.45, 7) is 2.71. The predicted molar refractivity (Wildman–Crippen MR) is 65.8 cm³/mol. The molecule has 0 aliphatic rings.